The SMILES string of the molecule is COc1cc(/C=N/NC(=O)COc2ccc(C)c(C)c2)ccc1OC(=O)c1ccc(Cl)c(Cl)c1. The van der Waals surface area contributed by atoms with Crippen molar-refractivity contribution in [1.82, 2.24) is 5.43 Å². The quantitative estimate of drug-likeness (QED) is 0.194. The van der Waals surface area contributed by atoms with Gasteiger partial charge in [-0.2, -0.15) is 5.10 Å². The lowest BCUT2D eigenvalue weighted by Gasteiger charge is -2.10. The lowest BCUT2D eigenvalue weighted by Crippen LogP contribution is -2.24. The number of carbonyl (C=O) groups is 2. The van der Waals surface area contributed by atoms with Gasteiger partial charge in [0.1, 0.15) is 5.75 Å². The zero-order valence-electron chi connectivity index (χ0n) is 18.7. The van der Waals surface area contributed by atoms with Gasteiger partial charge < -0.3 is 14.2 Å². The predicted octanol–water partition coefficient (Wildman–Crippen LogP) is 5.37. The summed E-state index contributed by atoms with van der Waals surface area (Å²) in [5.74, 6) is 0.101. The monoisotopic (exact) mass is 500 g/mol. The van der Waals surface area contributed by atoms with Crippen LogP contribution < -0.4 is 19.6 Å². The molecule has 0 spiro atoms. The van der Waals surface area contributed by atoms with Crippen molar-refractivity contribution in [3.8, 4) is 17.2 Å². The summed E-state index contributed by atoms with van der Waals surface area (Å²) in [5.41, 5.74) is 5.48. The lowest BCUT2D eigenvalue weighted by atomic mass is 10.1. The van der Waals surface area contributed by atoms with Crippen LogP contribution in [-0.4, -0.2) is 31.8 Å². The van der Waals surface area contributed by atoms with Crippen molar-refractivity contribution in [2.24, 2.45) is 5.10 Å². The number of aryl methyl sites for hydroxylation is 2. The van der Waals surface area contributed by atoms with E-state index in [0.717, 1.165) is 11.1 Å². The fourth-order valence-corrected chi connectivity index (χ4v) is 3.09. The summed E-state index contributed by atoms with van der Waals surface area (Å²) in [6.45, 7) is 3.80. The number of hydrogen-bond acceptors (Lipinski definition) is 6. The van der Waals surface area contributed by atoms with Crippen LogP contribution in [0.5, 0.6) is 17.2 Å². The summed E-state index contributed by atoms with van der Waals surface area (Å²) in [7, 11) is 1.44. The van der Waals surface area contributed by atoms with Crippen molar-refractivity contribution >= 4 is 41.3 Å². The van der Waals surface area contributed by atoms with Crippen molar-refractivity contribution in [3.63, 3.8) is 0 Å². The second-order valence-electron chi connectivity index (χ2n) is 7.26. The van der Waals surface area contributed by atoms with E-state index < -0.39 is 11.9 Å². The molecule has 34 heavy (non-hydrogen) atoms. The van der Waals surface area contributed by atoms with E-state index in [0.29, 0.717) is 22.1 Å². The van der Waals surface area contributed by atoms with E-state index in [4.69, 9.17) is 37.4 Å². The first-order valence-electron chi connectivity index (χ1n) is 10.1. The summed E-state index contributed by atoms with van der Waals surface area (Å²) in [5, 5.41) is 4.50. The molecule has 0 aromatic heterocycles. The standard InChI is InChI=1S/C25H22Cl2N2O5/c1-15-4-7-19(10-16(15)2)33-14-24(30)29-28-13-17-5-9-22(23(11-17)32-3)34-25(31)18-6-8-20(26)21(27)12-18/h4-13H,14H2,1-3H3,(H,29,30)/b28-13+. The highest BCUT2D eigenvalue weighted by atomic mass is 35.5. The van der Waals surface area contributed by atoms with Crippen molar-refractivity contribution in [1.29, 1.82) is 0 Å². The molecule has 1 amide bonds. The Balaban J connectivity index is 1.57. The molecule has 0 fully saturated rings. The van der Waals surface area contributed by atoms with E-state index >= 15 is 0 Å². The first-order valence-corrected chi connectivity index (χ1v) is 10.9. The zero-order chi connectivity index (χ0) is 24.7. The van der Waals surface area contributed by atoms with Gasteiger partial charge in [-0.15, -0.1) is 0 Å². The van der Waals surface area contributed by atoms with Crippen molar-refractivity contribution < 1.29 is 23.8 Å². The number of hydrazone groups is 1. The fraction of sp³-hybridized carbons (Fsp3) is 0.160. The van der Waals surface area contributed by atoms with Crippen molar-refractivity contribution in [2.75, 3.05) is 13.7 Å². The first kappa shape index (κ1) is 25.1. The molecule has 0 bridgehead atoms. The topological polar surface area (TPSA) is 86.2 Å². The molecule has 0 saturated heterocycles. The minimum absolute atomic E-state index is 0.174. The van der Waals surface area contributed by atoms with Gasteiger partial charge in [0, 0.05) is 0 Å². The third kappa shape index (κ3) is 6.73. The van der Waals surface area contributed by atoms with Gasteiger partial charge in [0.05, 0.1) is 28.9 Å². The number of amides is 1. The van der Waals surface area contributed by atoms with Gasteiger partial charge in [0.15, 0.2) is 18.1 Å². The minimum Gasteiger partial charge on any atom is -0.493 e. The van der Waals surface area contributed by atoms with E-state index in [-0.39, 0.29) is 22.9 Å². The highest BCUT2D eigenvalue weighted by Gasteiger charge is 2.14. The lowest BCUT2D eigenvalue weighted by molar-refractivity contribution is -0.123. The molecule has 0 unspecified atom stereocenters. The molecule has 3 aromatic rings. The molecule has 9 heteroatoms. The van der Waals surface area contributed by atoms with E-state index in [1.54, 1.807) is 24.3 Å². The van der Waals surface area contributed by atoms with Gasteiger partial charge in [0.2, 0.25) is 0 Å². The average Bonchev–Trinajstić information content (AvgIpc) is 2.82. The van der Waals surface area contributed by atoms with Gasteiger partial charge in [-0.05, 0) is 79.1 Å². The first-order chi connectivity index (χ1) is 16.3. The fourth-order valence-electron chi connectivity index (χ4n) is 2.79. The molecule has 0 saturated carbocycles. The smallest absolute Gasteiger partial charge is 0.343 e. The molecular formula is C25H22Cl2N2O5. The van der Waals surface area contributed by atoms with Gasteiger partial charge in [-0.25, -0.2) is 10.2 Å². The molecule has 3 rings (SSSR count). The number of halogens is 2. The highest BCUT2D eigenvalue weighted by molar-refractivity contribution is 6.42. The van der Waals surface area contributed by atoms with E-state index in [1.165, 1.54) is 31.5 Å². The third-order valence-corrected chi connectivity index (χ3v) is 5.54. The number of hydrogen-bond donors (Lipinski definition) is 1. The van der Waals surface area contributed by atoms with Gasteiger partial charge in [0.25, 0.3) is 5.91 Å². The number of nitrogens with zero attached hydrogens (tertiary/aromatic N) is 1. The molecule has 0 radical (unpaired) electrons. The molecule has 0 aliphatic rings. The molecular weight excluding hydrogens is 479 g/mol. The summed E-state index contributed by atoms with van der Waals surface area (Å²) in [4.78, 5) is 24.4. The van der Waals surface area contributed by atoms with Crippen LogP contribution in [0.2, 0.25) is 10.0 Å². The number of nitrogens with one attached hydrogen (secondary N) is 1. The summed E-state index contributed by atoms with van der Waals surface area (Å²) >= 11 is 11.8. The van der Waals surface area contributed by atoms with Crippen molar-refractivity contribution in [3.05, 3.63) is 86.9 Å². The largest absolute Gasteiger partial charge is 0.493 e. The van der Waals surface area contributed by atoms with Gasteiger partial charge in [-0.3, -0.25) is 4.79 Å². The maximum atomic E-state index is 12.4. The molecule has 0 heterocycles. The molecule has 0 atom stereocenters. The van der Waals surface area contributed by atoms with E-state index in [2.05, 4.69) is 10.5 Å². The number of benzene rings is 3. The van der Waals surface area contributed by atoms with Crippen LogP contribution in [0.1, 0.15) is 27.0 Å². The Bertz CT molecular complexity index is 1240. The molecule has 176 valence electrons. The molecule has 3 aromatic carbocycles. The minimum atomic E-state index is -0.616. The van der Waals surface area contributed by atoms with Crippen LogP contribution in [-0.2, 0) is 4.79 Å². The van der Waals surface area contributed by atoms with Crippen LogP contribution in [0, 0.1) is 13.8 Å². The average molecular weight is 501 g/mol. The summed E-state index contributed by atoms with van der Waals surface area (Å²) in [6, 6.07) is 14.9. The van der Waals surface area contributed by atoms with Crippen LogP contribution in [0.3, 0.4) is 0 Å². The van der Waals surface area contributed by atoms with Crippen LogP contribution in [0.25, 0.3) is 0 Å². The second-order valence-corrected chi connectivity index (χ2v) is 8.07. The van der Waals surface area contributed by atoms with Crippen LogP contribution in [0.15, 0.2) is 59.7 Å². The Hall–Kier alpha value is -3.55. The Labute approximate surface area is 207 Å². The Morgan fingerprint density at radius 2 is 1.74 bits per heavy atom. The van der Waals surface area contributed by atoms with Gasteiger partial charge in [-0.1, -0.05) is 29.3 Å². The van der Waals surface area contributed by atoms with E-state index in [1.807, 2.05) is 26.0 Å². The normalized spacial score (nSPS) is 10.7. The Morgan fingerprint density at radius 1 is 0.941 bits per heavy atom. The number of rotatable bonds is 8. The zero-order valence-corrected chi connectivity index (χ0v) is 20.2. The maximum absolute atomic E-state index is 12.4. The van der Waals surface area contributed by atoms with Crippen LogP contribution in [0.4, 0.5) is 0 Å². The number of esters is 1. The van der Waals surface area contributed by atoms with Crippen LogP contribution >= 0.6 is 23.2 Å². The van der Waals surface area contributed by atoms with Crippen molar-refractivity contribution in [2.45, 2.75) is 13.8 Å². The third-order valence-electron chi connectivity index (χ3n) is 4.80. The summed E-state index contributed by atoms with van der Waals surface area (Å²) in [6.07, 6.45) is 1.43. The predicted molar refractivity (Wildman–Crippen MR) is 132 cm³/mol. The highest BCUT2D eigenvalue weighted by Crippen LogP contribution is 2.29. The van der Waals surface area contributed by atoms with E-state index in [9.17, 15) is 9.59 Å². The number of methoxy groups -OCH3 is 1. The van der Waals surface area contributed by atoms with Gasteiger partial charge >= 0.3 is 5.97 Å². The second kappa shape index (κ2) is 11.5. The molecule has 0 aliphatic heterocycles. The molecule has 1 N–H and O–H groups in total. The maximum Gasteiger partial charge on any atom is 0.343 e. The molecule has 7 nitrogen and oxygen atoms in total. The Morgan fingerprint density at radius 3 is 2.44 bits per heavy atom. The number of ether oxygens (including phenoxy) is 3. The number of carbonyl (C=O) groups excluding carboxylic acids is 2. The Kier molecular flexibility index (Phi) is 8.51. The molecule has 0 aliphatic carbocycles. The summed E-state index contributed by atoms with van der Waals surface area (Å²) < 4.78 is 16.2.